The summed E-state index contributed by atoms with van der Waals surface area (Å²) in [6, 6.07) is 9.31. The van der Waals surface area contributed by atoms with E-state index in [4.69, 9.17) is 27.1 Å². The molecular formula is C36H44I2N11O12+. The topological polar surface area (TPSA) is 366 Å². The fraction of sp³-hybridized carbons (Fsp3) is 0.389. The van der Waals surface area contributed by atoms with E-state index in [1.807, 2.05) is 12.1 Å². The molecule has 0 bridgehead atoms. The molecule has 0 radical (unpaired) electrons. The van der Waals surface area contributed by atoms with Crippen molar-refractivity contribution in [3.8, 4) is 0 Å². The van der Waals surface area contributed by atoms with Crippen molar-refractivity contribution in [2.75, 3.05) is 32.7 Å². The van der Waals surface area contributed by atoms with Crippen molar-refractivity contribution in [2.45, 2.75) is 55.7 Å². The number of amides is 9. The summed E-state index contributed by atoms with van der Waals surface area (Å²) >= 11 is 4.20. The molecule has 0 spiro atoms. The van der Waals surface area contributed by atoms with Crippen LogP contribution in [-0.2, 0) is 65.6 Å². The number of carboxylic acids is 1. The normalized spacial score (nSPS) is 19.6. The molecular weight excluding hydrogens is 1030 g/mol. The number of hydrogen-bond acceptors (Lipinski definition) is 13. The van der Waals surface area contributed by atoms with Gasteiger partial charge in [0, 0.05) is 20.0 Å². The lowest BCUT2D eigenvalue weighted by molar-refractivity contribution is -0.798. The first-order valence-corrected chi connectivity index (χ1v) is 20.5. The fourth-order valence-corrected chi connectivity index (χ4v) is 7.04. The molecule has 0 aliphatic carbocycles. The molecule has 2 aromatic rings. The average molecular weight is 1080 g/mol. The molecule has 2 saturated heterocycles. The lowest BCUT2D eigenvalue weighted by atomic mass is 10.1. The van der Waals surface area contributed by atoms with Crippen molar-refractivity contribution >= 4 is 104 Å². The number of fused-ring (bicyclic) bond motifs is 1. The minimum Gasteiger partial charge on any atom is -0.480 e. The first kappa shape index (κ1) is 48.3. The number of carboxylic acid groups (broad SMARTS) is 1. The van der Waals surface area contributed by atoms with Gasteiger partial charge in [0.25, 0.3) is 0 Å². The van der Waals surface area contributed by atoms with Gasteiger partial charge in [-0.3, -0.25) is 43.2 Å². The van der Waals surface area contributed by atoms with E-state index in [1.165, 1.54) is 0 Å². The number of nitrogens with one attached hydrogen (secondary N) is 7. The third-order valence-electron chi connectivity index (χ3n) is 9.34. The SMILES string of the molecule is NCC(=O)N[C@@H](Cc1ccc(I)cc1)C(=O)NCC(=O)[N@@+]12O[C@@]1(NCC(=O)N[C@@H](CC(N)=O)C(=O)NCC(=O)N[C@@H](Cc1ccc(I)cc1)C(=O)NCC(=O)O)[C@@H]2CC(N)=O. The highest BCUT2D eigenvalue weighted by molar-refractivity contribution is 14.1. The molecule has 328 valence electrons. The van der Waals surface area contributed by atoms with Gasteiger partial charge in [0.2, 0.25) is 53.3 Å². The van der Waals surface area contributed by atoms with Gasteiger partial charge in [-0.1, -0.05) is 29.1 Å². The third-order valence-corrected chi connectivity index (χ3v) is 10.8. The number of carbonyl (C=O) groups excluding carboxylic acids is 9. The number of nitrogens with zero attached hydrogens (tertiary/aromatic N) is 1. The quantitative estimate of drug-likeness (QED) is 0.0267. The number of hydroxylamine groups is 3. The summed E-state index contributed by atoms with van der Waals surface area (Å²) in [5, 5.41) is 25.8. The van der Waals surface area contributed by atoms with Crippen LogP contribution in [0, 0.1) is 7.14 Å². The molecule has 2 aromatic carbocycles. The highest BCUT2D eigenvalue weighted by Gasteiger charge is 3.06. The van der Waals surface area contributed by atoms with Gasteiger partial charge >= 0.3 is 17.7 Å². The average Bonchev–Trinajstić information content (AvgIpc) is 4.05. The van der Waals surface area contributed by atoms with Gasteiger partial charge < -0.3 is 54.2 Å². The van der Waals surface area contributed by atoms with Gasteiger partial charge in [0.05, 0.1) is 32.5 Å². The molecule has 2 fully saturated rings. The van der Waals surface area contributed by atoms with Crippen LogP contribution >= 0.6 is 45.2 Å². The Bertz CT molecular complexity index is 2060. The summed E-state index contributed by atoms with van der Waals surface area (Å²) in [5.74, 6) is -10.3. The van der Waals surface area contributed by atoms with Gasteiger partial charge in [0.1, 0.15) is 31.2 Å². The van der Waals surface area contributed by atoms with Gasteiger partial charge in [-0.15, -0.1) is 0 Å². The number of primary amides is 2. The third kappa shape index (κ3) is 13.3. The second-order valence-corrected chi connectivity index (χ2v) is 16.3. The van der Waals surface area contributed by atoms with E-state index in [-0.39, 0.29) is 25.8 Å². The minimum absolute atomic E-state index is 0.0230. The zero-order chi connectivity index (χ0) is 45.1. The van der Waals surface area contributed by atoms with Crippen LogP contribution in [0.15, 0.2) is 48.5 Å². The van der Waals surface area contributed by atoms with Crippen LogP contribution in [0.3, 0.4) is 0 Å². The zero-order valence-corrected chi connectivity index (χ0v) is 36.5. The van der Waals surface area contributed by atoms with Crippen LogP contribution in [-0.4, -0.2) is 132 Å². The maximum absolute atomic E-state index is 13.4. The lowest BCUT2D eigenvalue weighted by Gasteiger charge is -2.20. The molecule has 2 heterocycles. The fourth-order valence-electron chi connectivity index (χ4n) is 6.32. The molecule has 9 amide bonds. The lowest BCUT2D eigenvalue weighted by Crippen LogP contribution is -2.54. The number of hydrogen-bond donors (Lipinski definition) is 11. The number of halogens is 2. The van der Waals surface area contributed by atoms with Gasteiger partial charge in [-0.25, -0.2) is 10.1 Å². The van der Waals surface area contributed by atoms with Crippen molar-refractivity contribution in [3.05, 3.63) is 66.8 Å². The first-order valence-electron chi connectivity index (χ1n) is 18.4. The van der Waals surface area contributed by atoms with Gasteiger partial charge in [-0.05, 0) is 85.2 Å². The second kappa shape index (κ2) is 21.4. The van der Waals surface area contributed by atoms with Crippen LogP contribution in [0.25, 0.3) is 0 Å². The van der Waals surface area contributed by atoms with Gasteiger partial charge in [-0.2, -0.15) is 0 Å². The molecule has 6 atom stereocenters. The molecule has 61 heavy (non-hydrogen) atoms. The monoisotopic (exact) mass is 1080 g/mol. The Kier molecular flexibility index (Phi) is 17.0. The molecule has 4 rings (SSSR count). The largest absolute Gasteiger partial charge is 0.480 e. The van der Waals surface area contributed by atoms with E-state index in [2.05, 4.69) is 82.4 Å². The molecule has 0 unspecified atom stereocenters. The van der Waals surface area contributed by atoms with Crippen LogP contribution in [0.5, 0.6) is 0 Å². The maximum atomic E-state index is 13.4. The standard InChI is InChI=1S/C36H43I2N11O12/c37-20-5-1-18(2-6-20)9-22(46-28(52)13-39)33(58)43-16-31(55)49-25(12-27(41)51)36(49,61-49)45-15-30(54)48-24(11-26(40)50)35(60)42-14-29(53)47-23(34(59)44-17-32(56)57)10-19-3-7-21(38)8-4-19/h1-8,22-25,45H,9-17,39H2,(H10-,40,41,42,43,44,46,47,48,50,51,52,53,54,56,57,58,59,60)/p+1/t22-,23-,24-,25-,36+,49+/m0/s1. The Hall–Kier alpha value is -5.36. The number of benzene rings is 2. The van der Waals surface area contributed by atoms with E-state index < -0.39 is 126 Å². The number of carbonyl (C=O) groups is 10. The molecule has 2 aliphatic rings. The summed E-state index contributed by atoms with van der Waals surface area (Å²) < 4.78 is 1.04. The second-order valence-electron chi connectivity index (χ2n) is 13.8. The van der Waals surface area contributed by atoms with Crippen LogP contribution in [0.2, 0.25) is 0 Å². The highest BCUT2D eigenvalue weighted by atomic mass is 127. The molecule has 23 nitrogen and oxygen atoms in total. The van der Waals surface area contributed by atoms with Crippen molar-refractivity contribution in [3.63, 3.8) is 0 Å². The van der Waals surface area contributed by atoms with E-state index in [1.54, 1.807) is 36.4 Å². The van der Waals surface area contributed by atoms with Crippen molar-refractivity contribution in [1.82, 2.24) is 37.2 Å². The Balaban J connectivity index is 1.33. The zero-order valence-electron chi connectivity index (χ0n) is 32.2. The van der Waals surface area contributed by atoms with Crippen molar-refractivity contribution in [1.29, 1.82) is 0 Å². The predicted molar refractivity (Wildman–Crippen MR) is 226 cm³/mol. The highest BCUT2D eigenvalue weighted by Crippen LogP contribution is 2.67. The molecule has 14 N–H and O–H groups in total. The summed E-state index contributed by atoms with van der Waals surface area (Å²) in [4.78, 5) is 131. The summed E-state index contributed by atoms with van der Waals surface area (Å²) in [6.45, 7) is -3.07. The predicted octanol–water partition coefficient (Wildman–Crippen LogP) is -4.81. The van der Waals surface area contributed by atoms with Crippen LogP contribution in [0.4, 0.5) is 0 Å². The van der Waals surface area contributed by atoms with Crippen LogP contribution in [0.1, 0.15) is 24.0 Å². The first-order chi connectivity index (χ1) is 28.8. The van der Waals surface area contributed by atoms with E-state index in [0.29, 0.717) is 5.56 Å². The Labute approximate surface area is 374 Å². The molecule has 25 heteroatoms. The smallest absolute Gasteiger partial charge is 0.407 e. The number of rotatable bonds is 24. The van der Waals surface area contributed by atoms with E-state index in [0.717, 1.165) is 12.7 Å². The van der Waals surface area contributed by atoms with E-state index >= 15 is 0 Å². The van der Waals surface area contributed by atoms with Crippen molar-refractivity contribution in [2.24, 2.45) is 17.2 Å². The Morgan fingerprint density at radius 2 is 1.11 bits per heavy atom. The number of quaternary nitrogens is 1. The minimum atomic E-state index is -1.59. The summed E-state index contributed by atoms with van der Waals surface area (Å²) in [5.41, 5.74) is 17.5. The molecule has 0 saturated carbocycles. The van der Waals surface area contributed by atoms with Crippen LogP contribution < -0.4 is 54.4 Å². The summed E-state index contributed by atoms with van der Waals surface area (Å²) in [7, 11) is 0. The Morgan fingerprint density at radius 1 is 0.656 bits per heavy atom. The molecule has 0 aromatic heterocycles. The number of nitrogens with two attached hydrogens (primary N) is 3. The Morgan fingerprint density at radius 3 is 1.61 bits per heavy atom. The van der Waals surface area contributed by atoms with Gasteiger partial charge in [0.15, 0.2) is 0 Å². The molecule has 2 aliphatic heterocycles. The van der Waals surface area contributed by atoms with Crippen molar-refractivity contribution < 1.29 is 62.5 Å². The number of aliphatic carboxylic acids is 1. The van der Waals surface area contributed by atoms with E-state index in [9.17, 15) is 47.9 Å². The maximum Gasteiger partial charge on any atom is 0.407 e. The summed E-state index contributed by atoms with van der Waals surface area (Å²) in [6.07, 6.45) is -1.01.